The molecular weight excluding hydrogens is 438 g/mol. The van der Waals surface area contributed by atoms with Gasteiger partial charge < -0.3 is 19.1 Å². The Labute approximate surface area is 208 Å². The van der Waals surface area contributed by atoms with E-state index in [2.05, 4.69) is 37.3 Å². The molecule has 35 heavy (non-hydrogen) atoms. The van der Waals surface area contributed by atoms with Gasteiger partial charge in [0.15, 0.2) is 0 Å². The number of benzene rings is 3. The predicted octanol–water partition coefficient (Wildman–Crippen LogP) is 6.47. The molecule has 1 aliphatic rings. The summed E-state index contributed by atoms with van der Waals surface area (Å²) >= 11 is 0. The summed E-state index contributed by atoms with van der Waals surface area (Å²) in [5.74, 6) is 1.58. The van der Waals surface area contributed by atoms with Crippen LogP contribution in [0.25, 0.3) is 0 Å². The summed E-state index contributed by atoms with van der Waals surface area (Å²) in [4.78, 5) is 14.7. The number of ether oxygens (including phenoxy) is 3. The summed E-state index contributed by atoms with van der Waals surface area (Å²) in [5, 5.41) is 0. The van der Waals surface area contributed by atoms with Crippen LogP contribution in [0.2, 0.25) is 0 Å². The Kier molecular flexibility index (Phi) is 8.09. The molecule has 3 aromatic rings. The summed E-state index contributed by atoms with van der Waals surface area (Å²) in [7, 11) is 0. The van der Waals surface area contributed by atoms with Crippen LogP contribution in [0.15, 0.2) is 84.9 Å². The number of hydrogen-bond donors (Lipinski definition) is 0. The van der Waals surface area contributed by atoms with Crippen molar-refractivity contribution in [1.82, 2.24) is 4.90 Å². The van der Waals surface area contributed by atoms with Crippen LogP contribution < -0.4 is 9.47 Å². The van der Waals surface area contributed by atoms with Crippen molar-refractivity contribution in [2.24, 2.45) is 5.92 Å². The lowest BCUT2D eigenvalue weighted by Gasteiger charge is -2.46. The first-order valence-corrected chi connectivity index (χ1v) is 12.4. The van der Waals surface area contributed by atoms with E-state index in [-0.39, 0.29) is 23.5 Å². The van der Waals surface area contributed by atoms with Crippen LogP contribution in [0, 0.1) is 5.92 Å². The number of piperidine rings is 1. The zero-order valence-electron chi connectivity index (χ0n) is 20.9. The van der Waals surface area contributed by atoms with Gasteiger partial charge in [-0.25, -0.2) is 4.79 Å². The maximum Gasteiger partial charge on any atom is 0.415 e. The minimum absolute atomic E-state index is 0.0996. The fraction of sp³-hybridized carbons (Fsp3) is 0.367. The van der Waals surface area contributed by atoms with Crippen LogP contribution in [-0.4, -0.2) is 36.8 Å². The molecular formula is C30H35NO4. The van der Waals surface area contributed by atoms with Crippen molar-refractivity contribution in [1.29, 1.82) is 0 Å². The van der Waals surface area contributed by atoms with Gasteiger partial charge in [0.05, 0.1) is 19.3 Å². The molecule has 0 N–H and O–H groups in total. The second kappa shape index (κ2) is 11.4. The molecule has 1 fully saturated rings. The quantitative estimate of drug-likeness (QED) is 0.376. The Balaban J connectivity index is 1.53. The Morgan fingerprint density at radius 2 is 1.66 bits per heavy atom. The van der Waals surface area contributed by atoms with Crippen LogP contribution in [0.3, 0.4) is 0 Å². The van der Waals surface area contributed by atoms with E-state index in [0.29, 0.717) is 32.1 Å². The van der Waals surface area contributed by atoms with Gasteiger partial charge in [-0.2, -0.15) is 0 Å². The standard InChI is InChI=1S/C30H35NO4/c1-23(2)34-28-16-10-13-26(19-28)30(22-33-21-25-11-6-4-7-12-25)17-18-31(20-24(30)3)29(32)35-27-14-8-5-9-15-27/h4-16,19,23-24H,17-18,20-22H2,1-3H3/t24-,30-/m0/s1. The highest BCUT2D eigenvalue weighted by molar-refractivity contribution is 5.71. The number of hydrogen-bond acceptors (Lipinski definition) is 4. The molecule has 0 aromatic heterocycles. The number of carbonyl (C=O) groups is 1. The van der Waals surface area contributed by atoms with E-state index in [1.807, 2.05) is 61.2 Å². The highest BCUT2D eigenvalue weighted by Crippen LogP contribution is 2.41. The van der Waals surface area contributed by atoms with Crippen molar-refractivity contribution in [2.75, 3.05) is 19.7 Å². The normalized spacial score (nSPS) is 20.0. The predicted molar refractivity (Wildman–Crippen MR) is 138 cm³/mol. The smallest absolute Gasteiger partial charge is 0.415 e. The lowest BCUT2D eigenvalue weighted by molar-refractivity contribution is 0.00955. The van der Waals surface area contributed by atoms with Crippen LogP contribution in [0.4, 0.5) is 4.79 Å². The Morgan fingerprint density at radius 1 is 0.971 bits per heavy atom. The third kappa shape index (κ3) is 6.23. The lowest BCUT2D eigenvalue weighted by atomic mass is 9.67. The molecule has 5 nitrogen and oxygen atoms in total. The maximum atomic E-state index is 12.9. The van der Waals surface area contributed by atoms with Crippen LogP contribution >= 0.6 is 0 Å². The number of likely N-dealkylation sites (tertiary alicyclic amines) is 1. The van der Waals surface area contributed by atoms with Crippen LogP contribution in [0.5, 0.6) is 11.5 Å². The number of carbonyl (C=O) groups excluding carboxylic acids is 1. The van der Waals surface area contributed by atoms with Crippen molar-refractivity contribution < 1.29 is 19.0 Å². The number of para-hydroxylation sites is 1. The van der Waals surface area contributed by atoms with Crippen molar-refractivity contribution in [3.8, 4) is 11.5 Å². The van der Waals surface area contributed by atoms with Crippen LogP contribution in [-0.2, 0) is 16.8 Å². The molecule has 3 aromatic carbocycles. The molecule has 1 aliphatic heterocycles. The molecule has 1 heterocycles. The average molecular weight is 474 g/mol. The third-order valence-corrected chi connectivity index (χ3v) is 6.72. The molecule has 2 atom stereocenters. The Bertz CT molecular complexity index is 1090. The van der Waals surface area contributed by atoms with E-state index >= 15 is 0 Å². The van der Waals surface area contributed by atoms with Crippen LogP contribution in [0.1, 0.15) is 38.3 Å². The van der Waals surface area contributed by atoms with Gasteiger partial charge in [-0.1, -0.05) is 67.6 Å². The number of nitrogens with zero attached hydrogens (tertiary/aromatic N) is 1. The molecule has 0 spiro atoms. The fourth-order valence-corrected chi connectivity index (χ4v) is 4.80. The minimum Gasteiger partial charge on any atom is -0.491 e. The van der Waals surface area contributed by atoms with Gasteiger partial charge >= 0.3 is 6.09 Å². The zero-order valence-corrected chi connectivity index (χ0v) is 20.9. The highest BCUT2D eigenvalue weighted by atomic mass is 16.6. The highest BCUT2D eigenvalue weighted by Gasteiger charge is 2.44. The Hall–Kier alpha value is -3.31. The average Bonchev–Trinajstić information content (AvgIpc) is 2.86. The van der Waals surface area contributed by atoms with Gasteiger partial charge in [-0.3, -0.25) is 0 Å². The van der Waals surface area contributed by atoms with Crippen molar-refractivity contribution in [2.45, 2.75) is 45.3 Å². The molecule has 5 heteroatoms. The molecule has 1 saturated heterocycles. The van der Waals surface area contributed by atoms with Gasteiger partial charge in [-0.15, -0.1) is 0 Å². The molecule has 0 unspecified atom stereocenters. The second-order valence-corrected chi connectivity index (χ2v) is 9.61. The summed E-state index contributed by atoms with van der Waals surface area (Å²) in [6, 6.07) is 27.8. The fourth-order valence-electron chi connectivity index (χ4n) is 4.80. The van der Waals surface area contributed by atoms with Gasteiger partial charge in [0.25, 0.3) is 0 Å². The molecule has 0 bridgehead atoms. The number of rotatable bonds is 8. The summed E-state index contributed by atoms with van der Waals surface area (Å²) in [6.45, 7) is 8.57. The molecule has 0 radical (unpaired) electrons. The van der Waals surface area contributed by atoms with E-state index in [0.717, 1.165) is 17.7 Å². The first-order valence-electron chi connectivity index (χ1n) is 12.4. The van der Waals surface area contributed by atoms with E-state index < -0.39 is 0 Å². The SMILES string of the molecule is CC(C)Oc1cccc([C@]2(COCc3ccccc3)CCN(C(=O)Oc3ccccc3)C[C@@H]2C)c1. The monoisotopic (exact) mass is 473 g/mol. The van der Waals surface area contributed by atoms with Crippen molar-refractivity contribution in [3.05, 3.63) is 96.1 Å². The first kappa shape index (κ1) is 24.8. The molecule has 0 saturated carbocycles. The molecule has 0 aliphatic carbocycles. The number of amides is 1. The van der Waals surface area contributed by atoms with E-state index in [4.69, 9.17) is 14.2 Å². The summed E-state index contributed by atoms with van der Waals surface area (Å²) < 4.78 is 17.9. The van der Waals surface area contributed by atoms with E-state index in [1.54, 1.807) is 12.1 Å². The van der Waals surface area contributed by atoms with Gasteiger partial charge in [-0.05, 0) is 61.6 Å². The molecule has 4 rings (SSSR count). The van der Waals surface area contributed by atoms with Crippen molar-refractivity contribution in [3.63, 3.8) is 0 Å². The van der Waals surface area contributed by atoms with Gasteiger partial charge in [0, 0.05) is 18.5 Å². The van der Waals surface area contributed by atoms with Crippen molar-refractivity contribution >= 4 is 6.09 Å². The van der Waals surface area contributed by atoms with Gasteiger partial charge in [0.1, 0.15) is 11.5 Å². The Morgan fingerprint density at radius 3 is 2.34 bits per heavy atom. The topological polar surface area (TPSA) is 48.0 Å². The second-order valence-electron chi connectivity index (χ2n) is 9.61. The molecule has 184 valence electrons. The summed E-state index contributed by atoms with van der Waals surface area (Å²) in [6.07, 6.45) is 0.569. The maximum absolute atomic E-state index is 12.9. The third-order valence-electron chi connectivity index (χ3n) is 6.72. The lowest BCUT2D eigenvalue weighted by Crippen LogP contribution is -2.53. The largest absolute Gasteiger partial charge is 0.491 e. The molecule has 1 amide bonds. The summed E-state index contributed by atoms with van der Waals surface area (Å²) in [5.41, 5.74) is 2.10. The first-order chi connectivity index (χ1) is 17.0. The van der Waals surface area contributed by atoms with E-state index in [1.165, 1.54) is 5.56 Å². The zero-order chi connectivity index (χ0) is 24.7. The van der Waals surface area contributed by atoms with E-state index in [9.17, 15) is 4.79 Å². The van der Waals surface area contributed by atoms with Gasteiger partial charge in [0.2, 0.25) is 0 Å². The minimum atomic E-state index is -0.307.